The lowest BCUT2D eigenvalue weighted by atomic mass is 9.75. The van der Waals surface area contributed by atoms with Crippen molar-refractivity contribution >= 4 is 11.8 Å². The van der Waals surface area contributed by atoms with Gasteiger partial charge < -0.3 is 5.32 Å². The lowest BCUT2D eigenvalue weighted by molar-refractivity contribution is 0.214. The van der Waals surface area contributed by atoms with Crippen LogP contribution in [0.4, 0.5) is 0 Å². The molecular formula is C15H31NS. The molecule has 1 saturated carbocycles. The Balaban J connectivity index is 2.55. The first-order chi connectivity index (χ1) is 7.98. The van der Waals surface area contributed by atoms with Crippen molar-refractivity contribution in [2.45, 2.75) is 83.3 Å². The summed E-state index contributed by atoms with van der Waals surface area (Å²) in [5.74, 6) is 0. The highest BCUT2D eigenvalue weighted by Crippen LogP contribution is 2.41. The van der Waals surface area contributed by atoms with E-state index in [1.807, 2.05) is 0 Å². The highest BCUT2D eigenvalue weighted by molar-refractivity contribution is 8.00. The third kappa shape index (κ3) is 5.21. The Morgan fingerprint density at radius 3 is 2.65 bits per heavy atom. The van der Waals surface area contributed by atoms with Crippen LogP contribution in [0.5, 0.6) is 0 Å². The van der Waals surface area contributed by atoms with E-state index in [1.54, 1.807) is 0 Å². The predicted molar refractivity (Wildman–Crippen MR) is 80.8 cm³/mol. The first-order valence-electron chi connectivity index (χ1n) is 7.37. The third-order valence-electron chi connectivity index (χ3n) is 3.97. The van der Waals surface area contributed by atoms with Crippen LogP contribution >= 0.6 is 11.8 Å². The molecule has 0 saturated heterocycles. The maximum absolute atomic E-state index is 3.77. The van der Waals surface area contributed by atoms with Crippen molar-refractivity contribution in [3.63, 3.8) is 0 Å². The van der Waals surface area contributed by atoms with Crippen molar-refractivity contribution in [1.82, 2.24) is 5.32 Å². The van der Waals surface area contributed by atoms with E-state index in [0.29, 0.717) is 5.41 Å². The molecule has 1 fully saturated rings. The van der Waals surface area contributed by atoms with Crippen LogP contribution < -0.4 is 5.32 Å². The molecule has 0 amide bonds. The number of nitrogens with one attached hydrogen (secondary N) is 1. The molecule has 0 radical (unpaired) electrons. The smallest absolute Gasteiger partial charge is 0.0208 e. The van der Waals surface area contributed by atoms with Crippen molar-refractivity contribution in [1.29, 1.82) is 0 Å². The van der Waals surface area contributed by atoms with E-state index < -0.39 is 0 Å². The number of hydrogen-bond acceptors (Lipinski definition) is 2. The van der Waals surface area contributed by atoms with Gasteiger partial charge in [0.05, 0.1) is 0 Å². The highest BCUT2D eigenvalue weighted by Gasteiger charge is 2.35. The molecule has 17 heavy (non-hydrogen) atoms. The van der Waals surface area contributed by atoms with Gasteiger partial charge in [-0.05, 0) is 44.1 Å². The fraction of sp³-hybridized carbons (Fsp3) is 1.00. The summed E-state index contributed by atoms with van der Waals surface area (Å²) in [6, 6.07) is 0.752. The van der Waals surface area contributed by atoms with Crippen molar-refractivity contribution in [2.24, 2.45) is 5.41 Å². The van der Waals surface area contributed by atoms with Gasteiger partial charge in [0.25, 0.3) is 0 Å². The van der Waals surface area contributed by atoms with Gasteiger partial charge in [-0.1, -0.05) is 34.6 Å². The molecule has 1 rings (SSSR count). The second-order valence-electron chi connectivity index (χ2n) is 6.36. The first-order valence-corrected chi connectivity index (χ1v) is 8.31. The van der Waals surface area contributed by atoms with Gasteiger partial charge in [-0.15, -0.1) is 0 Å². The quantitative estimate of drug-likeness (QED) is 0.753. The molecule has 0 aliphatic heterocycles. The summed E-state index contributed by atoms with van der Waals surface area (Å²) >= 11 is 2.22. The van der Waals surface area contributed by atoms with E-state index in [0.717, 1.165) is 16.5 Å². The van der Waals surface area contributed by atoms with Gasteiger partial charge in [0, 0.05) is 16.5 Å². The van der Waals surface area contributed by atoms with Crippen LogP contribution in [0.2, 0.25) is 0 Å². The standard InChI is InChI=1S/C15H31NS/c1-6-10-16-13-8-9-15(4,5)11-14(13)17-12(3)7-2/h12-14,16H,6-11H2,1-5H3. The van der Waals surface area contributed by atoms with Crippen LogP contribution in [0.25, 0.3) is 0 Å². The second-order valence-corrected chi connectivity index (χ2v) is 8.04. The van der Waals surface area contributed by atoms with Crippen molar-refractivity contribution in [3.8, 4) is 0 Å². The van der Waals surface area contributed by atoms with Gasteiger partial charge in [-0.2, -0.15) is 11.8 Å². The summed E-state index contributed by atoms with van der Waals surface area (Å²) in [5.41, 5.74) is 0.551. The molecule has 1 nitrogen and oxygen atoms in total. The van der Waals surface area contributed by atoms with Crippen molar-refractivity contribution < 1.29 is 0 Å². The van der Waals surface area contributed by atoms with E-state index in [4.69, 9.17) is 0 Å². The van der Waals surface area contributed by atoms with E-state index in [9.17, 15) is 0 Å². The van der Waals surface area contributed by atoms with E-state index in [-0.39, 0.29) is 0 Å². The molecule has 0 aromatic rings. The summed E-state index contributed by atoms with van der Waals surface area (Å²) < 4.78 is 0. The van der Waals surface area contributed by atoms with E-state index >= 15 is 0 Å². The highest BCUT2D eigenvalue weighted by atomic mass is 32.2. The zero-order chi connectivity index (χ0) is 12.9. The average molecular weight is 257 g/mol. The van der Waals surface area contributed by atoms with Crippen molar-refractivity contribution in [3.05, 3.63) is 0 Å². The summed E-state index contributed by atoms with van der Waals surface area (Å²) in [4.78, 5) is 0. The fourth-order valence-corrected chi connectivity index (χ4v) is 4.38. The minimum atomic E-state index is 0.551. The zero-order valence-electron chi connectivity index (χ0n) is 12.4. The maximum Gasteiger partial charge on any atom is 0.0208 e. The second kappa shape index (κ2) is 7.04. The maximum atomic E-state index is 3.77. The Kier molecular flexibility index (Phi) is 6.36. The molecule has 102 valence electrons. The van der Waals surface area contributed by atoms with Gasteiger partial charge >= 0.3 is 0 Å². The number of hydrogen-bond donors (Lipinski definition) is 1. The molecule has 0 aromatic heterocycles. The summed E-state index contributed by atoms with van der Waals surface area (Å²) in [6.45, 7) is 13.0. The van der Waals surface area contributed by atoms with Crippen LogP contribution in [-0.4, -0.2) is 23.1 Å². The lowest BCUT2D eigenvalue weighted by Gasteiger charge is -2.41. The Labute approximate surface area is 113 Å². The molecule has 0 heterocycles. The lowest BCUT2D eigenvalue weighted by Crippen LogP contribution is -2.45. The van der Waals surface area contributed by atoms with Crippen molar-refractivity contribution in [2.75, 3.05) is 6.54 Å². The monoisotopic (exact) mass is 257 g/mol. The predicted octanol–water partition coefficient (Wildman–Crippen LogP) is 4.47. The largest absolute Gasteiger partial charge is 0.313 e. The molecule has 1 aliphatic carbocycles. The Morgan fingerprint density at radius 1 is 1.35 bits per heavy atom. The van der Waals surface area contributed by atoms with Gasteiger partial charge in [-0.3, -0.25) is 0 Å². The molecule has 0 aromatic carbocycles. The third-order valence-corrected chi connectivity index (χ3v) is 5.62. The zero-order valence-corrected chi connectivity index (χ0v) is 13.2. The average Bonchev–Trinajstić information content (AvgIpc) is 2.27. The molecule has 0 bridgehead atoms. The number of rotatable bonds is 6. The topological polar surface area (TPSA) is 12.0 Å². The minimum absolute atomic E-state index is 0.551. The van der Waals surface area contributed by atoms with Gasteiger partial charge in [-0.25, -0.2) is 0 Å². The van der Waals surface area contributed by atoms with Crippen LogP contribution in [0.1, 0.15) is 66.7 Å². The van der Waals surface area contributed by atoms with Crippen LogP contribution in [0, 0.1) is 5.41 Å². The van der Waals surface area contributed by atoms with Gasteiger partial charge in [0.2, 0.25) is 0 Å². The molecule has 2 heteroatoms. The van der Waals surface area contributed by atoms with Crippen LogP contribution in [0.15, 0.2) is 0 Å². The summed E-state index contributed by atoms with van der Waals surface area (Å²) in [7, 11) is 0. The molecule has 1 N–H and O–H groups in total. The Hall–Kier alpha value is 0.310. The summed E-state index contributed by atoms with van der Waals surface area (Å²) in [6.07, 6.45) is 6.67. The molecule has 0 spiro atoms. The normalized spacial score (nSPS) is 30.2. The molecular weight excluding hydrogens is 226 g/mol. The minimum Gasteiger partial charge on any atom is -0.313 e. The fourth-order valence-electron chi connectivity index (χ4n) is 2.62. The van der Waals surface area contributed by atoms with Gasteiger partial charge in [0.15, 0.2) is 0 Å². The number of thioether (sulfide) groups is 1. The summed E-state index contributed by atoms with van der Waals surface area (Å²) in [5, 5.41) is 5.39. The Bertz CT molecular complexity index is 215. The van der Waals surface area contributed by atoms with Crippen LogP contribution in [-0.2, 0) is 0 Å². The van der Waals surface area contributed by atoms with Gasteiger partial charge in [0.1, 0.15) is 0 Å². The van der Waals surface area contributed by atoms with Crippen LogP contribution in [0.3, 0.4) is 0 Å². The molecule has 3 atom stereocenters. The molecule has 1 aliphatic rings. The van der Waals surface area contributed by atoms with E-state index in [1.165, 1.54) is 38.6 Å². The van der Waals surface area contributed by atoms with E-state index in [2.05, 4.69) is 51.7 Å². The first kappa shape index (κ1) is 15.4. The SMILES string of the molecule is CCCNC1CCC(C)(C)CC1SC(C)CC. The molecule has 3 unspecified atom stereocenters. The Morgan fingerprint density at radius 2 is 2.06 bits per heavy atom.